The van der Waals surface area contributed by atoms with E-state index in [9.17, 15) is 4.79 Å². The molecule has 16 heavy (non-hydrogen) atoms. The number of rotatable bonds is 3. The van der Waals surface area contributed by atoms with E-state index in [4.69, 9.17) is 5.11 Å². The predicted octanol–water partition coefficient (Wildman–Crippen LogP) is 1.17. The van der Waals surface area contributed by atoms with Crippen molar-refractivity contribution in [3.8, 4) is 5.75 Å². The highest BCUT2D eigenvalue weighted by Crippen LogP contribution is 2.08. The van der Waals surface area contributed by atoms with Crippen molar-refractivity contribution in [2.75, 3.05) is 0 Å². The molecule has 2 aromatic rings. The molecule has 0 bridgehead atoms. The van der Waals surface area contributed by atoms with Crippen LogP contribution in [0.2, 0.25) is 0 Å². The van der Waals surface area contributed by atoms with Gasteiger partial charge in [0.2, 0.25) is 0 Å². The van der Waals surface area contributed by atoms with Gasteiger partial charge in [-0.3, -0.25) is 9.78 Å². The molecule has 0 saturated carbocycles. The Kier molecular flexibility index (Phi) is 3.11. The van der Waals surface area contributed by atoms with E-state index >= 15 is 0 Å². The molecular weight excluding hydrogens is 226 g/mol. The van der Waals surface area contributed by atoms with Gasteiger partial charge in [-0.2, -0.15) is 0 Å². The quantitative estimate of drug-likeness (QED) is 0.837. The second-order valence-electron chi connectivity index (χ2n) is 3.09. The van der Waals surface area contributed by atoms with E-state index in [2.05, 4.69) is 15.3 Å². The van der Waals surface area contributed by atoms with Crippen LogP contribution >= 0.6 is 11.3 Å². The zero-order valence-electron chi connectivity index (χ0n) is 8.25. The highest BCUT2D eigenvalue weighted by Gasteiger charge is 2.06. The molecule has 5 nitrogen and oxygen atoms in total. The summed E-state index contributed by atoms with van der Waals surface area (Å²) in [6.45, 7) is 0.373. The van der Waals surface area contributed by atoms with Crippen LogP contribution in [0.5, 0.6) is 5.75 Å². The second-order valence-corrected chi connectivity index (χ2v) is 3.81. The van der Waals surface area contributed by atoms with Crippen LogP contribution in [0.4, 0.5) is 0 Å². The van der Waals surface area contributed by atoms with E-state index in [1.807, 2.05) is 5.38 Å². The number of amides is 1. The van der Waals surface area contributed by atoms with E-state index < -0.39 is 0 Å². The number of carbonyl (C=O) groups excluding carboxylic acids is 1. The van der Waals surface area contributed by atoms with Crippen molar-refractivity contribution in [3.05, 3.63) is 40.6 Å². The van der Waals surface area contributed by atoms with Crippen molar-refractivity contribution in [2.24, 2.45) is 0 Å². The van der Waals surface area contributed by atoms with Crippen LogP contribution in [0, 0.1) is 0 Å². The van der Waals surface area contributed by atoms with Crippen molar-refractivity contribution < 1.29 is 9.90 Å². The molecule has 0 aliphatic rings. The monoisotopic (exact) mass is 235 g/mol. The smallest absolute Gasteiger partial charge is 0.253 e. The molecule has 0 aliphatic heterocycles. The van der Waals surface area contributed by atoms with Gasteiger partial charge in [-0.05, 0) is 6.07 Å². The summed E-state index contributed by atoms with van der Waals surface area (Å²) >= 11 is 1.47. The third-order valence-electron chi connectivity index (χ3n) is 1.90. The number of aromatic nitrogens is 2. The van der Waals surface area contributed by atoms with Crippen molar-refractivity contribution in [2.45, 2.75) is 6.54 Å². The Labute approximate surface area is 95.8 Å². The van der Waals surface area contributed by atoms with Gasteiger partial charge in [-0.1, -0.05) is 0 Å². The Balaban J connectivity index is 1.98. The third kappa shape index (κ3) is 2.54. The molecule has 0 aliphatic carbocycles. The molecular formula is C10H9N3O2S. The fourth-order valence-electron chi connectivity index (χ4n) is 1.15. The second kappa shape index (κ2) is 4.71. The van der Waals surface area contributed by atoms with Crippen LogP contribution in [0.3, 0.4) is 0 Å². The first kappa shape index (κ1) is 10.6. The van der Waals surface area contributed by atoms with Crippen molar-refractivity contribution in [3.63, 3.8) is 0 Å². The largest absolute Gasteiger partial charge is 0.506 e. The van der Waals surface area contributed by atoms with Crippen LogP contribution in [0.15, 0.2) is 29.4 Å². The van der Waals surface area contributed by atoms with Crippen LogP contribution in [0.1, 0.15) is 16.1 Å². The Morgan fingerprint density at radius 1 is 1.50 bits per heavy atom. The van der Waals surface area contributed by atoms with Gasteiger partial charge in [0.1, 0.15) is 5.75 Å². The topological polar surface area (TPSA) is 75.1 Å². The minimum absolute atomic E-state index is 0.0266. The first-order chi connectivity index (χ1) is 7.75. The summed E-state index contributed by atoms with van der Waals surface area (Å²) in [6.07, 6.45) is 2.67. The maximum Gasteiger partial charge on any atom is 0.253 e. The fraction of sp³-hybridized carbons (Fsp3) is 0.100. The molecule has 0 spiro atoms. The number of nitrogens with one attached hydrogen (secondary N) is 1. The highest BCUT2D eigenvalue weighted by molar-refractivity contribution is 7.07. The summed E-state index contributed by atoms with van der Waals surface area (Å²) in [5, 5.41) is 13.7. The van der Waals surface area contributed by atoms with Gasteiger partial charge in [0.25, 0.3) is 5.91 Å². The van der Waals surface area contributed by atoms with Gasteiger partial charge in [0.15, 0.2) is 0 Å². The number of pyridine rings is 1. The first-order valence-electron chi connectivity index (χ1n) is 4.55. The molecule has 0 aromatic carbocycles. The summed E-state index contributed by atoms with van der Waals surface area (Å²) in [4.78, 5) is 19.4. The van der Waals surface area contributed by atoms with Gasteiger partial charge in [-0.25, -0.2) is 4.98 Å². The van der Waals surface area contributed by atoms with Gasteiger partial charge < -0.3 is 10.4 Å². The van der Waals surface area contributed by atoms with Crippen molar-refractivity contribution >= 4 is 17.2 Å². The van der Waals surface area contributed by atoms with Crippen LogP contribution in [-0.2, 0) is 6.54 Å². The standard InChI is InChI=1S/C10H9N3O2S/c14-9-1-7(2-11-4-9)10(15)12-3-8-5-16-6-13-8/h1-2,4-6,14H,3H2,(H,12,15). The molecule has 82 valence electrons. The zero-order valence-corrected chi connectivity index (χ0v) is 9.07. The van der Waals surface area contributed by atoms with Crippen LogP contribution in [-0.4, -0.2) is 21.0 Å². The first-order valence-corrected chi connectivity index (χ1v) is 5.49. The summed E-state index contributed by atoms with van der Waals surface area (Å²) < 4.78 is 0. The normalized spacial score (nSPS) is 10.0. The minimum Gasteiger partial charge on any atom is -0.506 e. The molecule has 0 atom stereocenters. The number of nitrogens with zero attached hydrogens (tertiary/aromatic N) is 2. The highest BCUT2D eigenvalue weighted by atomic mass is 32.1. The molecule has 0 saturated heterocycles. The fourth-order valence-corrected chi connectivity index (χ4v) is 1.71. The Morgan fingerprint density at radius 3 is 3.06 bits per heavy atom. The molecule has 0 radical (unpaired) electrons. The van der Waals surface area contributed by atoms with Gasteiger partial charge in [0, 0.05) is 11.6 Å². The average molecular weight is 235 g/mol. The maximum absolute atomic E-state index is 11.6. The molecule has 2 heterocycles. The van der Waals surface area contributed by atoms with E-state index in [0.29, 0.717) is 12.1 Å². The lowest BCUT2D eigenvalue weighted by Gasteiger charge is -2.02. The average Bonchev–Trinajstić information content (AvgIpc) is 2.78. The van der Waals surface area contributed by atoms with Crippen molar-refractivity contribution in [1.82, 2.24) is 15.3 Å². The minimum atomic E-state index is -0.281. The number of thiazole rings is 1. The van der Waals surface area contributed by atoms with Crippen LogP contribution in [0.25, 0.3) is 0 Å². The van der Waals surface area contributed by atoms with Gasteiger partial charge >= 0.3 is 0 Å². The lowest BCUT2D eigenvalue weighted by molar-refractivity contribution is 0.0949. The van der Waals surface area contributed by atoms with E-state index in [1.54, 1.807) is 5.51 Å². The number of hydrogen-bond donors (Lipinski definition) is 2. The molecule has 2 aromatic heterocycles. The SMILES string of the molecule is O=C(NCc1cscn1)c1cncc(O)c1. The summed E-state index contributed by atoms with van der Waals surface area (Å²) in [6, 6.07) is 1.36. The summed E-state index contributed by atoms with van der Waals surface area (Å²) in [5.74, 6) is -0.308. The Bertz CT molecular complexity index is 485. The lowest BCUT2D eigenvalue weighted by atomic mass is 10.2. The Hall–Kier alpha value is -1.95. The molecule has 0 unspecified atom stereocenters. The number of aromatic hydroxyl groups is 1. The van der Waals surface area contributed by atoms with Gasteiger partial charge in [-0.15, -0.1) is 11.3 Å². The number of carbonyl (C=O) groups is 1. The summed E-state index contributed by atoms with van der Waals surface area (Å²) in [5.41, 5.74) is 2.85. The zero-order chi connectivity index (χ0) is 11.4. The van der Waals surface area contributed by atoms with E-state index in [1.165, 1.54) is 29.8 Å². The molecule has 0 fully saturated rings. The number of hydrogen-bond acceptors (Lipinski definition) is 5. The Morgan fingerprint density at radius 2 is 2.38 bits per heavy atom. The third-order valence-corrected chi connectivity index (χ3v) is 2.53. The predicted molar refractivity (Wildman–Crippen MR) is 59.2 cm³/mol. The van der Waals surface area contributed by atoms with Crippen LogP contribution < -0.4 is 5.32 Å². The van der Waals surface area contributed by atoms with E-state index in [-0.39, 0.29) is 11.7 Å². The molecule has 6 heteroatoms. The summed E-state index contributed by atoms with van der Waals surface area (Å²) in [7, 11) is 0. The molecule has 2 N–H and O–H groups in total. The molecule has 2 rings (SSSR count). The molecule has 1 amide bonds. The van der Waals surface area contributed by atoms with Gasteiger partial charge in [0.05, 0.1) is 29.5 Å². The lowest BCUT2D eigenvalue weighted by Crippen LogP contribution is -2.22. The van der Waals surface area contributed by atoms with E-state index in [0.717, 1.165) is 5.69 Å². The maximum atomic E-state index is 11.6. The van der Waals surface area contributed by atoms with Crippen molar-refractivity contribution in [1.29, 1.82) is 0 Å².